The first kappa shape index (κ1) is 15.9. The van der Waals surface area contributed by atoms with Gasteiger partial charge in [0.25, 0.3) is 0 Å². The van der Waals surface area contributed by atoms with Gasteiger partial charge >= 0.3 is 5.97 Å². The van der Waals surface area contributed by atoms with Gasteiger partial charge in [-0.25, -0.2) is 9.18 Å². The van der Waals surface area contributed by atoms with Crippen molar-refractivity contribution in [3.8, 4) is 0 Å². The molecule has 0 radical (unpaired) electrons. The van der Waals surface area contributed by atoms with Gasteiger partial charge in [-0.2, -0.15) is 0 Å². The Hall–Kier alpha value is -1.47. The Morgan fingerprint density at radius 2 is 2.24 bits per heavy atom. The average Bonchev–Trinajstić information content (AvgIpc) is 2.40. The van der Waals surface area contributed by atoms with Crippen LogP contribution in [-0.4, -0.2) is 17.7 Å². The summed E-state index contributed by atoms with van der Waals surface area (Å²) in [4.78, 5) is 12.2. The Kier molecular flexibility index (Phi) is 4.95. The minimum Gasteiger partial charge on any atom is -0.463 e. The predicted molar refractivity (Wildman–Crippen MR) is 85.0 cm³/mol. The normalized spacial score (nSPS) is 18.1. The topological polar surface area (TPSA) is 50.4 Å². The lowest BCUT2D eigenvalue weighted by molar-refractivity contribution is -0.139. The maximum atomic E-state index is 14.1. The molecule has 2 rings (SSSR count). The Balaban J connectivity index is 2.52. The quantitative estimate of drug-likeness (QED) is 0.630. The third kappa shape index (κ3) is 3.41. The summed E-state index contributed by atoms with van der Waals surface area (Å²) >= 11 is 8.40. The molecule has 0 bridgehead atoms. The van der Waals surface area contributed by atoms with E-state index in [0.29, 0.717) is 26.4 Å². The number of rotatable bonds is 3. The van der Waals surface area contributed by atoms with Crippen LogP contribution in [0.1, 0.15) is 25.5 Å². The molecule has 0 amide bonds. The van der Waals surface area contributed by atoms with E-state index in [1.807, 2.05) is 0 Å². The SMILES string of the molecule is CCOC(=O)C1=C(C)NC(=S)NC1c1cc(Br)ccc1F. The number of allylic oxidation sites excluding steroid dienone is 1. The smallest absolute Gasteiger partial charge is 0.338 e. The van der Waals surface area contributed by atoms with Crippen molar-refractivity contribution >= 4 is 39.2 Å². The number of ether oxygens (including phenoxy) is 1. The van der Waals surface area contributed by atoms with Crippen LogP contribution in [0.3, 0.4) is 0 Å². The van der Waals surface area contributed by atoms with Gasteiger partial charge < -0.3 is 15.4 Å². The molecule has 0 saturated heterocycles. The zero-order chi connectivity index (χ0) is 15.6. The fourth-order valence-corrected chi connectivity index (χ4v) is 2.79. The average molecular weight is 373 g/mol. The Labute approximate surface area is 135 Å². The highest BCUT2D eigenvalue weighted by Crippen LogP contribution is 2.31. The lowest BCUT2D eigenvalue weighted by atomic mass is 9.95. The van der Waals surface area contributed by atoms with Crippen molar-refractivity contribution < 1.29 is 13.9 Å². The number of halogens is 2. The largest absolute Gasteiger partial charge is 0.463 e. The van der Waals surface area contributed by atoms with Crippen LogP contribution in [0.2, 0.25) is 0 Å². The van der Waals surface area contributed by atoms with Crippen molar-refractivity contribution in [2.75, 3.05) is 6.61 Å². The highest BCUT2D eigenvalue weighted by molar-refractivity contribution is 9.10. The van der Waals surface area contributed by atoms with Gasteiger partial charge in [0.15, 0.2) is 5.11 Å². The van der Waals surface area contributed by atoms with Crippen LogP contribution in [-0.2, 0) is 9.53 Å². The van der Waals surface area contributed by atoms with Gasteiger partial charge in [0, 0.05) is 15.7 Å². The van der Waals surface area contributed by atoms with Crippen LogP contribution in [0.25, 0.3) is 0 Å². The molecule has 0 fully saturated rings. The minimum absolute atomic E-state index is 0.244. The second-order valence-corrected chi connectivity index (χ2v) is 5.78. The first-order valence-electron chi connectivity index (χ1n) is 6.34. The maximum absolute atomic E-state index is 14.1. The number of carbonyl (C=O) groups is 1. The van der Waals surface area contributed by atoms with Crippen LogP contribution in [0, 0.1) is 5.82 Å². The Bertz CT molecular complexity index is 633. The molecule has 1 aliphatic rings. The summed E-state index contributed by atoms with van der Waals surface area (Å²) in [6.07, 6.45) is 0. The molecule has 0 spiro atoms. The molecule has 0 saturated carbocycles. The summed E-state index contributed by atoms with van der Waals surface area (Å²) in [6, 6.07) is 3.87. The van der Waals surface area contributed by atoms with Crippen LogP contribution >= 0.6 is 28.1 Å². The van der Waals surface area contributed by atoms with Gasteiger partial charge in [-0.15, -0.1) is 0 Å². The van der Waals surface area contributed by atoms with E-state index in [4.69, 9.17) is 17.0 Å². The number of thiocarbonyl (C=S) groups is 1. The molecule has 1 heterocycles. The fraction of sp³-hybridized carbons (Fsp3) is 0.286. The molecule has 0 aromatic heterocycles. The van der Waals surface area contributed by atoms with E-state index in [1.54, 1.807) is 26.0 Å². The molecule has 0 aliphatic carbocycles. The molecule has 1 unspecified atom stereocenters. The molecule has 4 nitrogen and oxygen atoms in total. The van der Waals surface area contributed by atoms with Gasteiger partial charge in [0.2, 0.25) is 0 Å². The lowest BCUT2D eigenvalue weighted by Crippen LogP contribution is -2.45. The minimum atomic E-state index is -0.685. The predicted octanol–water partition coefficient (Wildman–Crippen LogP) is 2.94. The van der Waals surface area contributed by atoms with Crippen molar-refractivity contribution in [2.45, 2.75) is 19.9 Å². The molecule has 2 N–H and O–H groups in total. The first-order valence-corrected chi connectivity index (χ1v) is 7.54. The van der Waals surface area contributed by atoms with Crippen molar-refractivity contribution in [2.24, 2.45) is 0 Å². The number of carbonyl (C=O) groups excluding carboxylic acids is 1. The van der Waals surface area contributed by atoms with E-state index in [-0.39, 0.29) is 6.61 Å². The molecular weight excluding hydrogens is 359 g/mol. The summed E-state index contributed by atoms with van der Waals surface area (Å²) in [5.41, 5.74) is 1.21. The van der Waals surface area contributed by atoms with E-state index in [2.05, 4.69) is 26.6 Å². The van der Waals surface area contributed by atoms with Gasteiger partial charge in [0.05, 0.1) is 18.2 Å². The standard InChI is InChI=1S/C14H14BrFN2O2S/c1-3-20-13(19)11-7(2)17-14(21)18-12(11)9-6-8(15)4-5-10(9)16/h4-6,12H,3H2,1-2H3,(H2,17,18,21). The van der Waals surface area contributed by atoms with E-state index < -0.39 is 17.8 Å². The van der Waals surface area contributed by atoms with Crippen molar-refractivity contribution in [3.63, 3.8) is 0 Å². The van der Waals surface area contributed by atoms with Gasteiger partial charge in [-0.3, -0.25) is 0 Å². The van der Waals surface area contributed by atoms with Crippen LogP contribution < -0.4 is 10.6 Å². The van der Waals surface area contributed by atoms with Crippen molar-refractivity contribution in [1.82, 2.24) is 10.6 Å². The zero-order valence-corrected chi connectivity index (χ0v) is 13.9. The summed E-state index contributed by atoms with van der Waals surface area (Å²) in [6.45, 7) is 3.67. The number of benzene rings is 1. The van der Waals surface area contributed by atoms with Crippen molar-refractivity contribution in [1.29, 1.82) is 0 Å². The zero-order valence-electron chi connectivity index (χ0n) is 11.5. The summed E-state index contributed by atoms with van der Waals surface area (Å²) in [7, 11) is 0. The Morgan fingerprint density at radius 1 is 1.52 bits per heavy atom. The van der Waals surface area contributed by atoms with Gasteiger partial charge in [-0.1, -0.05) is 15.9 Å². The number of hydrogen-bond acceptors (Lipinski definition) is 3. The monoisotopic (exact) mass is 372 g/mol. The molecule has 112 valence electrons. The second kappa shape index (κ2) is 6.53. The molecule has 1 aromatic carbocycles. The van der Waals surface area contributed by atoms with E-state index in [1.165, 1.54) is 6.07 Å². The van der Waals surface area contributed by atoms with Gasteiger partial charge in [-0.05, 0) is 44.3 Å². The van der Waals surface area contributed by atoms with Gasteiger partial charge in [0.1, 0.15) is 5.82 Å². The molecule has 7 heteroatoms. The van der Waals surface area contributed by atoms with Crippen LogP contribution in [0.15, 0.2) is 33.9 Å². The summed E-state index contributed by atoms with van der Waals surface area (Å²) in [5, 5.41) is 6.13. The third-order valence-electron chi connectivity index (χ3n) is 3.03. The molecular formula is C14H14BrFN2O2S. The Morgan fingerprint density at radius 3 is 2.90 bits per heavy atom. The summed E-state index contributed by atoms with van der Waals surface area (Å²) < 4.78 is 19.9. The maximum Gasteiger partial charge on any atom is 0.338 e. The fourth-order valence-electron chi connectivity index (χ4n) is 2.14. The van der Waals surface area contributed by atoms with E-state index in [9.17, 15) is 9.18 Å². The van der Waals surface area contributed by atoms with E-state index >= 15 is 0 Å². The van der Waals surface area contributed by atoms with Crippen LogP contribution in [0.5, 0.6) is 0 Å². The lowest BCUT2D eigenvalue weighted by Gasteiger charge is -2.30. The van der Waals surface area contributed by atoms with E-state index in [0.717, 1.165) is 0 Å². The van der Waals surface area contributed by atoms with Crippen LogP contribution in [0.4, 0.5) is 4.39 Å². The van der Waals surface area contributed by atoms with Crippen molar-refractivity contribution in [3.05, 3.63) is 45.3 Å². The molecule has 1 atom stereocenters. The summed E-state index contributed by atoms with van der Waals surface area (Å²) in [5.74, 6) is -0.920. The molecule has 1 aliphatic heterocycles. The first-order chi connectivity index (χ1) is 9.93. The highest BCUT2D eigenvalue weighted by atomic mass is 79.9. The second-order valence-electron chi connectivity index (χ2n) is 4.46. The molecule has 21 heavy (non-hydrogen) atoms. The number of hydrogen-bond donors (Lipinski definition) is 2. The highest BCUT2D eigenvalue weighted by Gasteiger charge is 2.32. The number of nitrogens with one attached hydrogen (secondary N) is 2. The third-order valence-corrected chi connectivity index (χ3v) is 3.75. The number of esters is 1. The molecule has 1 aromatic rings.